The molecular weight excluding hydrogens is 303 g/mol. The Morgan fingerprint density at radius 3 is 1.85 bits per heavy atom. The van der Waals surface area contributed by atoms with E-state index in [9.17, 15) is 13.2 Å². The predicted molar refractivity (Wildman–Crippen MR) is 44.3 cm³/mol. The summed E-state index contributed by atoms with van der Waals surface area (Å²) in [5.74, 6) is -0.0694. The molecule has 0 N–H and O–H groups in total. The normalized spacial score (nSPS) is 17.9. The van der Waals surface area contributed by atoms with Gasteiger partial charge in [0.05, 0.1) is 0 Å². The second-order valence-corrected chi connectivity index (χ2v) is 6.77. The molecule has 1 aliphatic rings. The summed E-state index contributed by atoms with van der Waals surface area (Å²) in [5.41, 5.74) is 0. The van der Waals surface area contributed by atoms with Gasteiger partial charge in [-0.05, 0) is 5.92 Å². The van der Waals surface area contributed by atoms with E-state index in [1.807, 2.05) is 0 Å². The van der Waals surface area contributed by atoms with Crippen LogP contribution in [0.15, 0.2) is 0 Å². The van der Waals surface area contributed by atoms with Gasteiger partial charge in [0.15, 0.2) is 0 Å². The summed E-state index contributed by atoms with van der Waals surface area (Å²) in [6.07, 6.45) is -0.970. The van der Waals surface area contributed by atoms with Gasteiger partial charge in [0.1, 0.15) is 0 Å². The van der Waals surface area contributed by atoms with Crippen LogP contribution in [0.25, 0.3) is 0 Å². The predicted octanol–water partition coefficient (Wildman–Crippen LogP) is 4.51. The molecule has 0 atom stereocenters. The fourth-order valence-corrected chi connectivity index (χ4v) is 1.54. The molecule has 0 aromatic rings. The molecule has 0 radical (unpaired) electrons. The van der Waals surface area contributed by atoms with Crippen LogP contribution in [0.4, 0.5) is 13.2 Å². The van der Waals surface area contributed by atoms with Crippen LogP contribution in [-0.4, -0.2) is 6.18 Å². The molecule has 0 unspecified atom stereocenters. The zero-order valence-corrected chi connectivity index (χ0v) is 11.0. The quantitative estimate of drug-likeness (QED) is 0.668. The van der Waals surface area contributed by atoms with E-state index in [0.29, 0.717) is 0 Å². The van der Waals surface area contributed by atoms with Crippen LogP contribution >= 0.6 is 17.0 Å². The van der Waals surface area contributed by atoms with E-state index in [4.69, 9.17) is 17.0 Å². The summed E-state index contributed by atoms with van der Waals surface area (Å²) in [7, 11) is 9.87. The minimum absolute atomic E-state index is 0.0694. The van der Waals surface area contributed by atoms with Crippen molar-refractivity contribution in [2.24, 2.45) is 5.92 Å². The molecule has 0 nitrogen and oxygen atoms in total. The Morgan fingerprint density at radius 2 is 1.54 bits per heavy atom. The van der Waals surface area contributed by atoms with Gasteiger partial charge in [0.25, 0.3) is 0 Å². The third-order valence-corrected chi connectivity index (χ3v) is 1.99. The first-order valence-corrected chi connectivity index (χ1v) is 10.4. The van der Waals surface area contributed by atoms with Crippen LogP contribution in [0.3, 0.4) is 0 Å². The number of halogens is 5. The van der Waals surface area contributed by atoms with E-state index in [1.165, 1.54) is 0 Å². The fraction of sp³-hybridized carbons (Fsp3) is 1.00. The van der Waals surface area contributed by atoms with Crippen LogP contribution < -0.4 is 0 Å². The van der Waals surface area contributed by atoms with Gasteiger partial charge < -0.3 is 0 Å². The molecule has 0 saturated heterocycles. The zero-order chi connectivity index (χ0) is 10.3. The number of rotatable bonds is 1. The Hall–Kier alpha value is 1.25. The van der Waals surface area contributed by atoms with E-state index < -0.39 is 33.4 Å². The molecule has 0 heterocycles. The molecule has 1 rings (SSSR count). The maximum atomic E-state index is 11.7. The van der Waals surface area contributed by atoms with Gasteiger partial charge in [-0.25, -0.2) is 0 Å². The standard InChI is InChI=1S/C7H11F3.2ClH.Zr/c8-7(9,10)5-6-3-1-2-4-6;;;/h6H,1-5H2;2*1H;/q;;;+2/p-2. The van der Waals surface area contributed by atoms with Gasteiger partial charge in [-0.2, -0.15) is 13.2 Å². The first-order chi connectivity index (χ1) is 5.99. The SMILES string of the molecule is FC(F)(F)CC1CCCC1.[Cl][Zr][Cl]. The van der Waals surface area contributed by atoms with Gasteiger partial charge in [0, 0.05) is 6.42 Å². The fourth-order valence-electron chi connectivity index (χ4n) is 1.54. The monoisotopic (exact) mass is 312 g/mol. The Balaban J connectivity index is 0.000000424. The summed E-state index contributed by atoms with van der Waals surface area (Å²) in [5, 5.41) is 0. The summed E-state index contributed by atoms with van der Waals surface area (Å²) in [6, 6.07) is 0. The van der Waals surface area contributed by atoms with Gasteiger partial charge in [0.2, 0.25) is 0 Å². The molecule has 1 saturated carbocycles. The molecule has 0 amide bonds. The van der Waals surface area contributed by atoms with E-state index >= 15 is 0 Å². The molecule has 6 heteroatoms. The molecule has 0 spiro atoms. The second kappa shape index (κ2) is 7.53. The topological polar surface area (TPSA) is 0 Å². The first kappa shape index (κ1) is 14.3. The van der Waals surface area contributed by atoms with E-state index in [0.717, 1.165) is 25.7 Å². The second-order valence-electron chi connectivity index (χ2n) is 3.04. The molecule has 0 aromatic carbocycles. The van der Waals surface area contributed by atoms with Gasteiger partial charge >= 0.3 is 44.1 Å². The van der Waals surface area contributed by atoms with E-state index in [1.54, 1.807) is 0 Å². The zero-order valence-electron chi connectivity index (χ0n) is 7.00. The van der Waals surface area contributed by atoms with Crippen molar-refractivity contribution in [2.75, 3.05) is 0 Å². The maximum absolute atomic E-state index is 11.7. The van der Waals surface area contributed by atoms with Crippen molar-refractivity contribution in [3.05, 3.63) is 0 Å². The third-order valence-electron chi connectivity index (χ3n) is 1.99. The summed E-state index contributed by atoms with van der Waals surface area (Å²) < 4.78 is 35.1. The van der Waals surface area contributed by atoms with Gasteiger partial charge in [-0.15, -0.1) is 0 Å². The van der Waals surface area contributed by atoms with Crippen molar-refractivity contribution in [3.8, 4) is 0 Å². The van der Waals surface area contributed by atoms with Crippen LogP contribution in [0.5, 0.6) is 0 Å². The molecule has 78 valence electrons. The summed E-state index contributed by atoms with van der Waals surface area (Å²) in [4.78, 5) is 0. The van der Waals surface area contributed by atoms with Crippen molar-refractivity contribution in [1.82, 2.24) is 0 Å². The number of alkyl halides is 3. The number of hydrogen-bond acceptors (Lipinski definition) is 0. The summed E-state index contributed by atoms with van der Waals surface area (Å²) in [6.45, 7) is 0. The van der Waals surface area contributed by atoms with Crippen molar-refractivity contribution in [3.63, 3.8) is 0 Å². The molecule has 0 aromatic heterocycles. The third kappa shape index (κ3) is 9.55. The Bertz CT molecular complexity index is 123. The molecule has 13 heavy (non-hydrogen) atoms. The molecule has 1 fully saturated rings. The van der Waals surface area contributed by atoms with Crippen molar-refractivity contribution in [2.45, 2.75) is 38.3 Å². The van der Waals surface area contributed by atoms with Crippen molar-refractivity contribution >= 4 is 17.0 Å². The van der Waals surface area contributed by atoms with E-state index in [2.05, 4.69) is 0 Å². The van der Waals surface area contributed by atoms with Crippen molar-refractivity contribution < 1.29 is 34.0 Å². The van der Waals surface area contributed by atoms with Crippen LogP contribution in [0.2, 0.25) is 0 Å². The van der Waals surface area contributed by atoms with Gasteiger partial charge in [-0.3, -0.25) is 0 Å². The Kier molecular flexibility index (Phi) is 8.26. The average Bonchev–Trinajstić information content (AvgIpc) is 2.37. The van der Waals surface area contributed by atoms with Gasteiger partial charge in [-0.1, -0.05) is 25.7 Å². The van der Waals surface area contributed by atoms with Crippen LogP contribution in [0.1, 0.15) is 32.1 Å². The van der Waals surface area contributed by atoms with Crippen LogP contribution in [0, 0.1) is 5.92 Å². The Morgan fingerprint density at radius 1 is 1.15 bits per heavy atom. The van der Waals surface area contributed by atoms with Crippen LogP contribution in [-0.2, 0) is 20.8 Å². The molecule has 1 aliphatic carbocycles. The average molecular weight is 314 g/mol. The Labute approximate surface area is 94.8 Å². The van der Waals surface area contributed by atoms with E-state index in [-0.39, 0.29) is 5.92 Å². The van der Waals surface area contributed by atoms with Crippen molar-refractivity contribution in [1.29, 1.82) is 0 Å². The number of hydrogen-bond donors (Lipinski definition) is 0. The molecule has 0 bridgehead atoms. The molecule has 0 aliphatic heterocycles. The summed E-state index contributed by atoms with van der Waals surface area (Å²) >= 11 is -0.826. The molecular formula is C7H11Cl2F3Zr. The minimum atomic E-state index is -3.94. The first-order valence-electron chi connectivity index (χ1n) is 4.02.